The molecule has 3 fully saturated rings. The van der Waals surface area contributed by atoms with Crippen molar-refractivity contribution in [2.75, 3.05) is 24.3 Å². The Morgan fingerprint density at radius 1 is 1.16 bits per heavy atom. The van der Waals surface area contributed by atoms with Crippen LogP contribution in [0, 0.1) is 17.2 Å². The first-order valence-electron chi connectivity index (χ1n) is 12.8. The van der Waals surface area contributed by atoms with Gasteiger partial charge in [0.15, 0.2) is 17.4 Å². The lowest BCUT2D eigenvalue weighted by molar-refractivity contribution is -0.0487. The summed E-state index contributed by atoms with van der Waals surface area (Å²) < 4.78 is 56.7. The summed E-state index contributed by atoms with van der Waals surface area (Å²) in [5.74, 6) is -0.384. The maximum atomic E-state index is 13.5. The highest BCUT2D eigenvalue weighted by Crippen LogP contribution is 2.60. The molecular formula is C21H25N9O9P2S2. The predicted molar refractivity (Wildman–Crippen MR) is 154 cm³/mol. The molecule has 1 saturated carbocycles. The predicted octanol–water partition coefficient (Wildman–Crippen LogP) is 1.41. The molecule has 0 radical (unpaired) electrons. The fourth-order valence-corrected chi connectivity index (χ4v) is 8.36. The van der Waals surface area contributed by atoms with E-state index in [0.29, 0.717) is 12.2 Å². The Morgan fingerprint density at radius 3 is 2.72 bits per heavy atom. The van der Waals surface area contributed by atoms with Crippen molar-refractivity contribution in [2.45, 2.75) is 49.5 Å². The van der Waals surface area contributed by atoms with E-state index in [1.165, 1.54) is 23.4 Å². The van der Waals surface area contributed by atoms with Crippen LogP contribution >= 0.6 is 38.1 Å². The van der Waals surface area contributed by atoms with Gasteiger partial charge >= 0.3 is 13.6 Å². The van der Waals surface area contributed by atoms with Gasteiger partial charge in [0, 0.05) is 12.0 Å². The summed E-state index contributed by atoms with van der Waals surface area (Å²) in [6.45, 7) is -8.93. The standard InChI is InChI=1S/C21H25N9O9P2S2/c22-3-10-4-24-7-25-17(10)27-11-1-9-5-35-41(34,43)39-16-15(31)13(6-36-40(33,42)38-12(9)2-11)37-20(16)30-8-26-14-18(30)28-21(23)29-19(14)32/h4,7-9,11-13,15-16,20,31H,1-2,5-6H2,(H,33,42)(H,34,43)(H,24,25,27)(H3,23,28,29,32)/t9-,11-,12+,13-,15-,16-,20-,40+,41+/m1/s1. The first-order valence-corrected chi connectivity index (χ1v) is 18.2. The number of hydrogen-bond donors (Lipinski definition) is 6. The van der Waals surface area contributed by atoms with Gasteiger partial charge in [0.1, 0.15) is 42.1 Å². The van der Waals surface area contributed by atoms with E-state index in [-0.39, 0.29) is 41.7 Å². The number of aliphatic hydroxyl groups excluding tert-OH is 1. The van der Waals surface area contributed by atoms with Gasteiger partial charge in [0.05, 0.1) is 31.8 Å². The highest BCUT2D eigenvalue weighted by molar-refractivity contribution is 8.44. The number of nitrogen functional groups attached to an aromatic ring is 1. The number of nitrogens with one attached hydrogen (secondary N) is 2. The van der Waals surface area contributed by atoms with Crippen molar-refractivity contribution in [1.82, 2.24) is 29.5 Å². The Hall–Kier alpha value is -2.56. The number of aromatic amines is 1. The third-order valence-electron chi connectivity index (χ3n) is 7.22. The number of ether oxygens (including phenoxy) is 1. The van der Waals surface area contributed by atoms with Crippen LogP contribution in [0.5, 0.6) is 0 Å². The van der Waals surface area contributed by atoms with E-state index in [0.717, 1.165) is 0 Å². The van der Waals surface area contributed by atoms with Gasteiger partial charge in [-0.3, -0.25) is 27.9 Å². The topological polar surface area (TPSA) is 252 Å². The van der Waals surface area contributed by atoms with Gasteiger partial charge in [0.25, 0.3) is 5.56 Å². The molecule has 5 heterocycles. The third-order valence-corrected chi connectivity index (χ3v) is 10.5. The summed E-state index contributed by atoms with van der Waals surface area (Å²) in [5, 5.41) is 23.6. The Kier molecular flexibility index (Phi) is 8.32. The van der Waals surface area contributed by atoms with Crippen LogP contribution in [-0.4, -0.2) is 78.3 Å². The summed E-state index contributed by atoms with van der Waals surface area (Å²) >= 11 is 8.26. The summed E-state index contributed by atoms with van der Waals surface area (Å²) in [7, 11) is 0. The maximum absolute atomic E-state index is 13.5. The van der Waals surface area contributed by atoms with Crippen LogP contribution in [0.25, 0.3) is 11.2 Å². The average molecular weight is 674 g/mol. The SMILES string of the molecule is N#Cc1cncnc1N[C@@H]1C[C@@H]2CO[P@](=O)(S)O[C@@H]3[C@H](O)[C@@H](CO[P@](=O)(S)O[C@H]2C1)O[C@H]3n1cnc2c(=O)[nH]c(N)nc21. The third kappa shape index (κ3) is 6.33. The van der Waals surface area contributed by atoms with Crippen molar-refractivity contribution in [1.29, 1.82) is 5.26 Å². The van der Waals surface area contributed by atoms with Gasteiger partial charge in [0.2, 0.25) is 5.95 Å². The van der Waals surface area contributed by atoms with Crippen LogP contribution in [0.4, 0.5) is 11.8 Å². The van der Waals surface area contributed by atoms with Crippen LogP contribution in [-0.2, 0) is 32.0 Å². The highest BCUT2D eigenvalue weighted by Gasteiger charge is 2.51. The molecule has 18 nitrogen and oxygen atoms in total. The number of hydrogen-bond acceptors (Lipinski definition) is 16. The quantitative estimate of drug-likeness (QED) is 0.170. The minimum absolute atomic E-state index is 0.00318. The molecule has 6 rings (SSSR count). The summed E-state index contributed by atoms with van der Waals surface area (Å²) in [5.41, 5.74) is 5.26. The number of fused-ring (bicyclic) bond motifs is 4. The van der Waals surface area contributed by atoms with Gasteiger partial charge in [-0.25, -0.2) is 24.1 Å². The average Bonchev–Trinajstić information content (AvgIpc) is 3.62. The van der Waals surface area contributed by atoms with Crippen molar-refractivity contribution >= 4 is 61.0 Å². The molecule has 2 aliphatic heterocycles. The molecule has 0 amide bonds. The van der Waals surface area contributed by atoms with E-state index in [9.17, 15) is 24.3 Å². The number of thiol groups is 2. The van der Waals surface area contributed by atoms with E-state index >= 15 is 0 Å². The molecule has 1 aliphatic carbocycles. The van der Waals surface area contributed by atoms with Crippen molar-refractivity contribution in [3.63, 3.8) is 0 Å². The van der Waals surface area contributed by atoms with E-state index in [4.69, 9.17) is 28.6 Å². The molecule has 3 aromatic rings. The second-order valence-corrected chi connectivity index (χ2v) is 15.8. The van der Waals surface area contributed by atoms with Gasteiger partial charge < -0.3 is 25.4 Å². The fourth-order valence-electron chi connectivity index (χ4n) is 5.29. The Bertz CT molecular complexity index is 1740. The van der Waals surface area contributed by atoms with Crippen LogP contribution in [0.2, 0.25) is 0 Å². The molecule has 9 atom stereocenters. The van der Waals surface area contributed by atoms with Gasteiger partial charge in [-0.1, -0.05) is 24.5 Å². The van der Waals surface area contributed by atoms with Gasteiger partial charge in [-0.05, 0) is 12.8 Å². The first kappa shape index (κ1) is 30.5. The molecule has 230 valence electrons. The minimum Gasteiger partial charge on any atom is -0.387 e. The van der Waals surface area contributed by atoms with E-state index in [1.54, 1.807) is 0 Å². The molecule has 0 aromatic carbocycles. The van der Waals surface area contributed by atoms with Crippen molar-refractivity contribution in [2.24, 2.45) is 5.92 Å². The smallest absolute Gasteiger partial charge is 0.386 e. The van der Waals surface area contributed by atoms with Crippen molar-refractivity contribution in [3.8, 4) is 6.07 Å². The minimum atomic E-state index is -4.20. The second kappa shape index (κ2) is 11.7. The van der Waals surface area contributed by atoms with Gasteiger partial charge in [-0.2, -0.15) is 10.2 Å². The summed E-state index contributed by atoms with van der Waals surface area (Å²) in [6, 6.07) is 1.70. The zero-order valence-corrected chi connectivity index (χ0v) is 25.4. The number of nitrogens with two attached hydrogens (primary N) is 1. The molecule has 43 heavy (non-hydrogen) atoms. The first-order chi connectivity index (χ1) is 20.4. The van der Waals surface area contributed by atoms with E-state index in [1.807, 2.05) is 6.07 Å². The van der Waals surface area contributed by atoms with Crippen molar-refractivity contribution in [3.05, 3.63) is 34.8 Å². The number of aromatic nitrogens is 6. The molecule has 2 saturated heterocycles. The van der Waals surface area contributed by atoms with E-state index in [2.05, 4.69) is 54.7 Å². The molecule has 0 unspecified atom stereocenters. The maximum Gasteiger partial charge on any atom is 0.386 e. The van der Waals surface area contributed by atoms with Crippen LogP contribution < -0.4 is 16.6 Å². The number of aliphatic hydroxyl groups is 1. The number of imidazole rings is 1. The number of H-pyrrole nitrogens is 1. The number of nitrogens with zero attached hydrogens (tertiary/aromatic N) is 6. The monoisotopic (exact) mass is 673 g/mol. The lowest BCUT2D eigenvalue weighted by Crippen LogP contribution is -2.35. The van der Waals surface area contributed by atoms with E-state index < -0.39 is 62.3 Å². The molecule has 5 N–H and O–H groups in total. The number of rotatable bonds is 3. The lowest BCUT2D eigenvalue weighted by atomic mass is 10.1. The molecule has 22 heteroatoms. The largest absolute Gasteiger partial charge is 0.387 e. The van der Waals surface area contributed by atoms with Gasteiger partial charge in [-0.15, -0.1) is 0 Å². The Balaban J connectivity index is 1.27. The summed E-state index contributed by atoms with van der Waals surface area (Å²) in [6.07, 6.45) is -1.57. The molecule has 0 spiro atoms. The second-order valence-electron chi connectivity index (χ2n) is 10.0. The molecule has 3 aromatic heterocycles. The fraction of sp³-hybridized carbons (Fsp3) is 0.524. The Morgan fingerprint density at radius 2 is 1.93 bits per heavy atom. The zero-order valence-electron chi connectivity index (χ0n) is 21.9. The number of anilines is 2. The highest BCUT2D eigenvalue weighted by atomic mass is 32.7. The zero-order chi connectivity index (χ0) is 30.5. The molecule has 2 bridgehead atoms. The van der Waals surface area contributed by atoms with Crippen LogP contribution in [0.15, 0.2) is 23.6 Å². The van der Waals surface area contributed by atoms with Crippen LogP contribution in [0.1, 0.15) is 24.6 Å². The molecule has 3 aliphatic rings. The van der Waals surface area contributed by atoms with Crippen molar-refractivity contribution < 1.29 is 37.1 Å². The lowest BCUT2D eigenvalue weighted by Gasteiger charge is -2.26. The Labute approximate surface area is 253 Å². The number of nitriles is 1. The van der Waals surface area contributed by atoms with Crippen LogP contribution in [0.3, 0.4) is 0 Å². The normalized spacial score (nSPS) is 36.7. The summed E-state index contributed by atoms with van der Waals surface area (Å²) in [4.78, 5) is 30.7. The molecular weight excluding hydrogens is 648 g/mol.